The van der Waals surface area contributed by atoms with Gasteiger partial charge in [0.2, 0.25) is 0 Å². The second-order valence-electron chi connectivity index (χ2n) is 4.03. The predicted molar refractivity (Wildman–Crippen MR) is 69.3 cm³/mol. The number of hydrogen-bond donors (Lipinski definition) is 0. The summed E-state index contributed by atoms with van der Waals surface area (Å²) in [6.45, 7) is 0. The quantitative estimate of drug-likeness (QED) is 0.569. The fourth-order valence-corrected chi connectivity index (χ4v) is 1.63. The molecule has 0 aliphatic rings. The largest absolute Gasteiger partial charge is 0.416 e. The molecular formula is C16H9F3O. The third kappa shape index (κ3) is 3.27. The van der Waals surface area contributed by atoms with Gasteiger partial charge in [-0.05, 0) is 24.3 Å². The van der Waals surface area contributed by atoms with Gasteiger partial charge in [-0.3, -0.25) is 4.79 Å². The molecule has 4 heteroatoms. The maximum atomic E-state index is 12.6. The van der Waals surface area contributed by atoms with E-state index in [-0.39, 0.29) is 5.56 Å². The molecule has 2 rings (SSSR count). The number of benzene rings is 2. The van der Waals surface area contributed by atoms with Crippen LogP contribution in [0.1, 0.15) is 27.0 Å². The number of rotatable bonds is 1. The Bertz CT molecular complexity index is 691. The summed E-state index contributed by atoms with van der Waals surface area (Å²) < 4.78 is 37.7. The van der Waals surface area contributed by atoms with Crippen LogP contribution in [0.3, 0.4) is 0 Å². The highest BCUT2D eigenvalue weighted by molar-refractivity contribution is 5.79. The Morgan fingerprint density at radius 1 is 0.950 bits per heavy atom. The van der Waals surface area contributed by atoms with Gasteiger partial charge in [-0.25, -0.2) is 0 Å². The van der Waals surface area contributed by atoms with Crippen molar-refractivity contribution in [1.29, 1.82) is 0 Å². The standard InChI is InChI=1S/C16H9F3O/c17-16(18,19)15-7-3-4-12(10-15)8-9-13-5-1-2-6-14(13)11-20/h1-7,10-11H. The third-order valence-corrected chi connectivity index (χ3v) is 2.62. The van der Waals surface area contributed by atoms with E-state index in [9.17, 15) is 18.0 Å². The molecule has 0 aliphatic heterocycles. The van der Waals surface area contributed by atoms with Crippen molar-refractivity contribution >= 4 is 6.29 Å². The van der Waals surface area contributed by atoms with E-state index in [2.05, 4.69) is 11.8 Å². The Morgan fingerprint density at radius 2 is 1.70 bits per heavy atom. The summed E-state index contributed by atoms with van der Waals surface area (Å²) in [7, 11) is 0. The van der Waals surface area contributed by atoms with Crippen molar-refractivity contribution in [2.45, 2.75) is 6.18 Å². The lowest BCUT2D eigenvalue weighted by Crippen LogP contribution is -2.04. The van der Waals surface area contributed by atoms with E-state index in [4.69, 9.17) is 0 Å². The second-order valence-corrected chi connectivity index (χ2v) is 4.03. The highest BCUT2D eigenvalue weighted by Crippen LogP contribution is 2.29. The van der Waals surface area contributed by atoms with Crippen molar-refractivity contribution in [2.75, 3.05) is 0 Å². The summed E-state index contributed by atoms with van der Waals surface area (Å²) in [5, 5.41) is 0. The zero-order valence-corrected chi connectivity index (χ0v) is 10.2. The van der Waals surface area contributed by atoms with E-state index in [0.29, 0.717) is 17.4 Å². The van der Waals surface area contributed by atoms with Crippen LogP contribution in [0.25, 0.3) is 0 Å². The minimum Gasteiger partial charge on any atom is -0.298 e. The van der Waals surface area contributed by atoms with Crippen LogP contribution in [0, 0.1) is 11.8 Å². The summed E-state index contributed by atoms with van der Waals surface area (Å²) in [5.41, 5.74) is 0.403. The second kappa shape index (κ2) is 5.62. The number of aldehydes is 1. The van der Waals surface area contributed by atoms with Crippen LogP contribution in [0.2, 0.25) is 0 Å². The van der Waals surface area contributed by atoms with Gasteiger partial charge in [0.15, 0.2) is 6.29 Å². The Labute approximate surface area is 114 Å². The molecule has 0 aliphatic carbocycles. The van der Waals surface area contributed by atoms with Crippen LogP contribution in [0.5, 0.6) is 0 Å². The zero-order valence-electron chi connectivity index (χ0n) is 10.2. The summed E-state index contributed by atoms with van der Waals surface area (Å²) in [6.07, 6.45) is -3.73. The third-order valence-electron chi connectivity index (χ3n) is 2.62. The summed E-state index contributed by atoms with van der Waals surface area (Å²) in [5.74, 6) is 5.35. The van der Waals surface area contributed by atoms with Gasteiger partial charge in [-0.15, -0.1) is 0 Å². The van der Waals surface area contributed by atoms with Gasteiger partial charge in [-0.2, -0.15) is 13.2 Å². The first-order chi connectivity index (χ1) is 9.50. The Balaban J connectivity index is 2.36. The molecule has 0 saturated carbocycles. The molecule has 0 atom stereocenters. The Hall–Kier alpha value is -2.54. The molecule has 2 aromatic carbocycles. The van der Waals surface area contributed by atoms with Gasteiger partial charge < -0.3 is 0 Å². The lowest BCUT2D eigenvalue weighted by atomic mass is 10.1. The summed E-state index contributed by atoms with van der Waals surface area (Å²) in [4.78, 5) is 10.8. The smallest absolute Gasteiger partial charge is 0.298 e. The molecule has 0 N–H and O–H groups in total. The van der Waals surface area contributed by atoms with Crippen LogP contribution >= 0.6 is 0 Å². The SMILES string of the molecule is O=Cc1ccccc1C#Cc1cccc(C(F)(F)F)c1. The van der Waals surface area contributed by atoms with Crippen molar-refractivity contribution in [3.63, 3.8) is 0 Å². The van der Waals surface area contributed by atoms with E-state index in [1.165, 1.54) is 12.1 Å². The summed E-state index contributed by atoms with van der Waals surface area (Å²) in [6, 6.07) is 11.4. The van der Waals surface area contributed by atoms with Crippen molar-refractivity contribution in [3.8, 4) is 11.8 Å². The first kappa shape index (κ1) is 13.9. The topological polar surface area (TPSA) is 17.1 Å². The molecule has 0 radical (unpaired) electrons. The average molecular weight is 274 g/mol. The minimum atomic E-state index is -4.39. The van der Waals surface area contributed by atoms with Crippen molar-refractivity contribution in [1.82, 2.24) is 0 Å². The van der Waals surface area contributed by atoms with Crippen LogP contribution in [-0.2, 0) is 6.18 Å². The van der Waals surface area contributed by atoms with Crippen LogP contribution in [0.15, 0.2) is 48.5 Å². The van der Waals surface area contributed by atoms with E-state index in [0.717, 1.165) is 12.1 Å². The van der Waals surface area contributed by atoms with Gasteiger partial charge in [0, 0.05) is 16.7 Å². The van der Waals surface area contributed by atoms with E-state index in [1.54, 1.807) is 24.3 Å². The number of carbonyl (C=O) groups is 1. The van der Waals surface area contributed by atoms with Gasteiger partial charge >= 0.3 is 6.18 Å². The Kier molecular flexibility index (Phi) is 3.90. The molecule has 0 heterocycles. The maximum Gasteiger partial charge on any atom is 0.416 e. The van der Waals surface area contributed by atoms with Crippen LogP contribution < -0.4 is 0 Å². The number of hydrogen-bond acceptors (Lipinski definition) is 1. The summed E-state index contributed by atoms with van der Waals surface area (Å²) >= 11 is 0. The molecule has 0 fully saturated rings. The normalized spacial score (nSPS) is 10.6. The van der Waals surface area contributed by atoms with Gasteiger partial charge in [0.1, 0.15) is 0 Å². The zero-order chi connectivity index (χ0) is 14.6. The number of alkyl halides is 3. The predicted octanol–water partition coefficient (Wildman–Crippen LogP) is 3.92. The molecule has 0 unspecified atom stereocenters. The highest BCUT2D eigenvalue weighted by atomic mass is 19.4. The molecule has 0 aromatic heterocycles. The molecular weight excluding hydrogens is 265 g/mol. The fraction of sp³-hybridized carbons (Fsp3) is 0.0625. The van der Waals surface area contributed by atoms with Crippen LogP contribution in [-0.4, -0.2) is 6.29 Å². The van der Waals surface area contributed by atoms with E-state index >= 15 is 0 Å². The lowest BCUT2D eigenvalue weighted by molar-refractivity contribution is -0.137. The molecule has 0 amide bonds. The molecule has 1 nitrogen and oxygen atoms in total. The average Bonchev–Trinajstić information content (AvgIpc) is 2.45. The van der Waals surface area contributed by atoms with Crippen LogP contribution in [0.4, 0.5) is 13.2 Å². The van der Waals surface area contributed by atoms with Gasteiger partial charge in [0.25, 0.3) is 0 Å². The molecule has 0 spiro atoms. The molecule has 0 bridgehead atoms. The molecule has 0 saturated heterocycles. The van der Waals surface area contributed by atoms with Crippen molar-refractivity contribution < 1.29 is 18.0 Å². The lowest BCUT2D eigenvalue weighted by Gasteiger charge is -2.05. The first-order valence-electron chi connectivity index (χ1n) is 5.74. The number of halogens is 3. The molecule has 2 aromatic rings. The highest BCUT2D eigenvalue weighted by Gasteiger charge is 2.30. The maximum absolute atomic E-state index is 12.6. The monoisotopic (exact) mass is 274 g/mol. The minimum absolute atomic E-state index is 0.250. The van der Waals surface area contributed by atoms with Crippen molar-refractivity contribution in [2.24, 2.45) is 0 Å². The van der Waals surface area contributed by atoms with Crippen molar-refractivity contribution in [3.05, 3.63) is 70.8 Å². The molecule has 20 heavy (non-hydrogen) atoms. The fourth-order valence-electron chi connectivity index (χ4n) is 1.63. The Morgan fingerprint density at radius 3 is 2.40 bits per heavy atom. The van der Waals surface area contributed by atoms with Gasteiger partial charge in [0.05, 0.1) is 5.56 Å². The van der Waals surface area contributed by atoms with E-state index < -0.39 is 11.7 Å². The van der Waals surface area contributed by atoms with E-state index in [1.807, 2.05) is 0 Å². The number of carbonyl (C=O) groups excluding carboxylic acids is 1. The van der Waals surface area contributed by atoms with Gasteiger partial charge in [-0.1, -0.05) is 36.1 Å². The molecule has 100 valence electrons. The first-order valence-corrected chi connectivity index (χ1v) is 5.74.